The smallest absolute Gasteiger partial charge is 0.311 e. The normalized spacial score (nSPS) is 26.4. The fourth-order valence-corrected chi connectivity index (χ4v) is 7.95. The van der Waals surface area contributed by atoms with Gasteiger partial charge in [0.15, 0.2) is 9.84 Å². The van der Waals surface area contributed by atoms with E-state index < -0.39 is 55.1 Å². The molecule has 1 heterocycles. The van der Waals surface area contributed by atoms with Gasteiger partial charge in [-0.2, -0.15) is 0 Å². The first-order valence-electron chi connectivity index (χ1n) is 14.1. The maximum Gasteiger partial charge on any atom is 0.311 e. The third kappa shape index (κ3) is 5.49. The van der Waals surface area contributed by atoms with Crippen molar-refractivity contribution in [3.8, 4) is 5.75 Å². The topological polar surface area (TPSA) is 145 Å². The van der Waals surface area contributed by atoms with Crippen LogP contribution in [0.25, 0.3) is 0 Å². The number of nitrogens with one attached hydrogen (secondary N) is 1. The van der Waals surface area contributed by atoms with Gasteiger partial charge in [-0.15, -0.1) is 0 Å². The number of anilines is 1. The highest BCUT2D eigenvalue weighted by Crippen LogP contribution is 2.53. The van der Waals surface area contributed by atoms with Gasteiger partial charge in [-0.1, -0.05) is 12.1 Å². The van der Waals surface area contributed by atoms with Crippen LogP contribution in [-0.2, 0) is 30.7 Å². The number of nitrogens with two attached hydrogens (primary N) is 1. The molecule has 0 radical (unpaired) electrons. The predicted molar refractivity (Wildman–Crippen MR) is 152 cm³/mol. The van der Waals surface area contributed by atoms with E-state index in [0.717, 1.165) is 12.1 Å². The van der Waals surface area contributed by atoms with E-state index in [9.17, 15) is 22.8 Å². The van der Waals surface area contributed by atoms with Crippen molar-refractivity contribution in [3.05, 3.63) is 53.3 Å². The number of rotatable bonds is 7. The standard InChI is InChI=1S/C30H36FN3O7S/c1-18(2)41-20-6-4-19(5-7-20)16-34-24-14-21(22(31)15-25(24)42(38,39)17-23(32)27(34)36)26(35)33-30-11-8-29(9-12-30,10-13-30)28(37)40-3/h4-7,14-15,18,23H,8-13,16-17,32H2,1-3H3,(H,33,35)/t23-,29?,30?/m0/s1. The Kier molecular flexibility index (Phi) is 7.82. The number of hydrogen-bond donors (Lipinski definition) is 2. The van der Waals surface area contributed by atoms with Gasteiger partial charge < -0.3 is 25.4 Å². The summed E-state index contributed by atoms with van der Waals surface area (Å²) in [6.45, 7) is 3.74. The fraction of sp³-hybridized carbons (Fsp3) is 0.500. The molecule has 42 heavy (non-hydrogen) atoms. The van der Waals surface area contributed by atoms with E-state index in [1.165, 1.54) is 12.0 Å². The summed E-state index contributed by atoms with van der Waals surface area (Å²) >= 11 is 0. The Morgan fingerprint density at radius 2 is 1.71 bits per heavy atom. The number of fused-ring (bicyclic) bond motifs is 4. The van der Waals surface area contributed by atoms with Crippen molar-refractivity contribution in [2.75, 3.05) is 17.8 Å². The Labute approximate surface area is 244 Å². The number of carbonyl (C=O) groups excluding carboxylic acids is 3. The lowest BCUT2D eigenvalue weighted by atomic mass is 9.57. The molecule has 0 saturated heterocycles. The summed E-state index contributed by atoms with van der Waals surface area (Å²) in [6, 6.07) is 7.52. The minimum Gasteiger partial charge on any atom is -0.491 e. The molecule has 0 spiro atoms. The molecule has 1 atom stereocenters. The van der Waals surface area contributed by atoms with E-state index >= 15 is 4.39 Å². The predicted octanol–water partition coefficient (Wildman–Crippen LogP) is 3.26. The summed E-state index contributed by atoms with van der Waals surface area (Å²) in [5.74, 6) is -2.69. The third-order valence-electron chi connectivity index (χ3n) is 8.78. The van der Waals surface area contributed by atoms with Gasteiger partial charge >= 0.3 is 5.97 Å². The summed E-state index contributed by atoms with van der Waals surface area (Å²) in [5, 5.41) is 2.98. The van der Waals surface area contributed by atoms with Gasteiger partial charge in [0.1, 0.15) is 11.6 Å². The van der Waals surface area contributed by atoms with Crippen molar-refractivity contribution in [2.24, 2.45) is 11.1 Å². The fourth-order valence-electron chi connectivity index (χ4n) is 6.39. The molecule has 1 aliphatic heterocycles. The average Bonchev–Trinajstić information content (AvgIpc) is 3.02. The van der Waals surface area contributed by atoms with E-state index in [-0.39, 0.29) is 29.9 Å². The van der Waals surface area contributed by atoms with Crippen molar-refractivity contribution >= 4 is 33.3 Å². The van der Waals surface area contributed by atoms with Crippen LogP contribution in [0.5, 0.6) is 5.75 Å². The number of ether oxygens (including phenoxy) is 2. The SMILES string of the molecule is COC(=O)C12CCC(NC(=O)c3cc4c(cc3F)S(=O)(=O)C[C@H](N)C(=O)N4Cc3ccc(OC(C)C)cc3)(CC1)CC2. The van der Waals surface area contributed by atoms with Crippen molar-refractivity contribution in [1.29, 1.82) is 0 Å². The lowest BCUT2D eigenvalue weighted by Gasteiger charge is -2.52. The zero-order valence-corrected chi connectivity index (χ0v) is 24.8. The van der Waals surface area contributed by atoms with Crippen molar-refractivity contribution in [1.82, 2.24) is 5.32 Å². The molecule has 4 aliphatic rings. The van der Waals surface area contributed by atoms with Gasteiger partial charge in [0.25, 0.3) is 5.91 Å². The largest absolute Gasteiger partial charge is 0.491 e. The molecule has 2 aromatic rings. The van der Waals surface area contributed by atoms with Crippen LogP contribution in [0.4, 0.5) is 10.1 Å². The average molecular weight is 602 g/mol. The van der Waals surface area contributed by atoms with Gasteiger partial charge in [0.05, 0.1) is 53.1 Å². The van der Waals surface area contributed by atoms with Gasteiger partial charge in [0.2, 0.25) is 5.91 Å². The van der Waals surface area contributed by atoms with Crippen molar-refractivity contribution in [2.45, 2.75) is 81.5 Å². The second-order valence-electron chi connectivity index (χ2n) is 11.9. The van der Waals surface area contributed by atoms with Gasteiger partial charge in [-0.05, 0) is 82.2 Å². The molecule has 2 aromatic carbocycles. The Balaban J connectivity index is 1.46. The van der Waals surface area contributed by atoms with Crippen LogP contribution in [0.1, 0.15) is 68.3 Å². The zero-order chi connectivity index (χ0) is 30.4. The lowest BCUT2D eigenvalue weighted by molar-refractivity contribution is -0.160. The number of halogens is 1. The molecule has 2 bridgehead atoms. The zero-order valence-electron chi connectivity index (χ0n) is 23.9. The van der Waals surface area contributed by atoms with Crippen LogP contribution >= 0.6 is 0 Å². The summed E-state index contributed by atoms with van der Waals surface area (Å²) in [4.78, 5) is 40.1. The molecular weight excluding hydrogens is 565 g/mol. The van der Waals surface area contributed by atoms with Crippen LogP contribution in [-0.4, -0.2) is 56.7 Å². The lowest BCUT2D eigenvalue weighted by Crippen LogP contribution is -2.58. The molecule has 0 unspecified atom stereocenters. The highest BCUT2D eigenvalue weighted by molar-refractivity contribution is 7.91. The second-order valence-corrected chi connectivity index (χ2v) is 13.9. The molecule has 3 saturated carbocycles. The summed E-state index contributed by atoms with van der Waals surface area (Å²) in [5.41, 5.74) is 5.02. The monoisotopic (exact) mass is 601 g/mol. The number of esters is 1. The summed E-state index contributed by atoms with van der Waals surface area (Å²) in [6.07, 6.45) is 3.21. The molecule has 0 aromatic heterocycles. The highest BCUT2D eigenvalue weighted by Gasteiger charge is 2.53. The number of amides is 2. The van der Waals surface area contributed by atoms with Gasteiger partial charge in [0, 0.05) is 5.54 Å². The van der Waals surface area contributed by atoms with Crippen LogP contribution in [0.3, 0.4) is 0 Å². The molecule has 3 N–H and O–H groups in total. The minimum absolute atomic E-state index is 0.0327. The second kappa shape index (κ2) is 11.0. The van der Waals surface area contributed by atoms with Gasteiger partial charge in [-0.25, -0.2) is 12.8 Å². The molecule has 2 amide bonds. The van der Waals surface area contributed by atoms with Gasteiger partial charge in [-0.3, -0.25) is 14.4 Å². The number of benzene rings is 2. The number of hydrogen-bond acceptors (Lipinski definition) is 8. The van der Waals surface area contributed by atoms with Crippen LogP contribution < -0.4 is 20.7 Å². The maximum atomic E-state index is 15.5. The van der Waals surface area contributed by atoms with E-state index in [1.54, 1.807) is 24.3 Å². The summed E-state index contributed by atoms with van der Waals surface area (Å²) < 4.78 is 52.5. The first-order chi connectivity index (χ1) is 19.8. The Bertz CT molecular complexity index is 1500. The first kappa shape index (κ1) is 30.0. The van der Waals surface area contributed by atoms with E-state index in [4.69, 9.17) is 15.2 Å². The first-order valence-corrected chi connectivity index (χ1v) is 15.7. The highest BCUT2D eigenvalue weighted by atomic mass is 32.2. The maximum absolute atomic E-state index is 15.5. The molecule has 3 fully saturated rings. The number of sulfone groups is 1. The molecule has 12 heteroatoms. The number of carbonyl (C=O) groups is 3. The Morgan fingerprint density at radius 1 is 1.10 bits per heavy atom. The third-order valence-corrected chi connectivity index (χ3v) is 10.6. The Morgan fingerprint density at radius 3 is 2.29 bits per heavy atom. The molecule has 3 aliphatic carbocycles. The number of nitrogens with zero attached hydrogens (tertiary/aromatic N) is 1. The molecule has 6 rings (SSSR count). The van der Waals surface area contributed by atoms with E-state index in [0.29, 0.717) is 49.8 Å². The molecule has 226 valence electrons. The number of methoxy groups -OCH3 is 1. The van der Waals surface area contributed by atoms with Crippen LogP contribution in [0.2, 0.25) is 0 Å². The van der Waals surface area contributed by atoms with Crippen LogP contribution in [0.15, 0.2) is 41.3 Å². The van der Waals surface area contributed by atoms with Crippen molar-refractivity contribution in [3.63, 3.8) is 0 Å². The molecule has 10 nitrogen and oxygen atoms in total. The quantitative estimate of drug-likeness (QED) is 0.460. The van der Waals surface area contributed by atoms with E-state index in [2.05, 4.69) is 5.32 Å². The van der Waals surface area contributed by atoms with E-state index in [1.807, 2.05) is 13.8 Å². The van der Waals surface area contributed by atoms with Crippen molar-refractivity contribution < 1.29 is 36.7 Å². The van der Waals surface area contributed by atoms with Crippen LogP contribution in [0, 0.1) is 11.2 Å². The molecular formula is C30H36FN3O7S. The summed E-state index contributed by atoms with van der Waals surface area (Å²) in [7, 11) is -2.78. The minimum atomic E-state index is -4.15. The Hall–Kier alpha value is -3.51.